The van der Waals surface area contributed by atoms with Crippen molar-refractivity contribution in [3.8, 4) is 5.75 Å². The van der Waals surface area contributed by atoms with Crippen molar-refractivity contribution in [3.63, 3.8) is 0 Å². The summed E-state index contributed by atoms with van der Waals surface area (Å²) in [5.74, 6) is -0.162. The lowest BCUT2D eigenvalue weighted by atomic mass is 10.2. The fourth-order valence-corrected chi connectivity index (χ4v) is 2.70. The van der Waals surface area contributed by atoms with Crippen molar-refractivity contribution >= 4 is 11.8 Å². The first-order chi connectivity index (χ1) is 10.8. The highest BCUT2D eigenvalue weighted by Gasteiger charge is 2.27. The minimum absolute atomic E-state index is 0.0877. The van der Waals surface area contributed by atoms with Gasteiger partial charge >= 0.3 is 6.09 Å². The Labute approximate surface area is 136 Å². The third-order valence-corrected chi connectivity index (χ3v) is 3.68. The SMILES string of the molecule is COc1cc(NC2CCC(NC(=O)OC(C)(C)C)C2)ccc1F. The quantitative estimate of drug-likeness (QED) is 0.887. The number of amides is 1. The number of benzene rings is 1. The van der Waals surface area contributed by atoms with E-state index >= 15 is 0 Å². The predicted molar refractivity (Wildman–Crippen MR) is 87.4 cm³/mol. The summed E-state index contributed by atoms with van der Waals surface area (Å²) in [6.45, 7) is 5.52. The average molecular weight is 324 g/mol. The summed E-state index contributed by atoms with van der Waals surface area (Å²) in [4.78, 5) is 11.8. The molecule has 1 aromatic carbocycles. The topological polar surface area (TPSA) is 59.6 Å². The minimum atomic E-state index is -0.495. The molecule has 5 nitrogen and oxygen atoms in total. The lowest BCUT2D eigenvalue weighted by Crippen LogP contribution is -2.38. The summed E-state index contributed by atoms with van der Waals surface area (Å²) in [6.07, 6.45) is 2.24. The van der Waals surface area contributed by atoms with E-state index in [1.165, 1.54) is 13.2 Å². The van der Waals surface area contributed by atoms with Crippen LogP contribution in [0.15, 0.2) is 18.2 Å². The van der Waals surface area contributed by atoms with Gasteiger partial charge in [0.05, 0.1) is 7.11 Å². The van der Waals surface area contributed by atoms with Crippen molar-refractivity contribution in [2.45, 2.75) is 57.7 Å². The van der Waals surface area contributed by atoms with Gasteiger partial charge in [-0.1, -0.05) is 0 Å². The Hall–Kier alpha value is -1.98. The van der Waals surface area contributed by atoms with Gasteiger partial charge in [0.2, 0.25) is 0 Å². The number of hydrogen-bond donors (Lipinski definition) is 2. The molecule has 1 aliphatic carbocycles. The van der Waals surface area contributed by atoms with E-state index in [1.54, 1.807) is 12.1 Å². The maximum absolute atomic E-state index is 13.4. The summed E-state index contributed by atoms with van der Waals surface area (Å²) in [5.41, 5.74) is 0.316. The molecule has 2 unspecified atom stereocenters. The molecule has 2 rings (SSSR count). The Morgan fingerprint density at radius 3 is 2.61 bits per heavy atom. The third-order valence-electron chi connectivity index (χ3n) is 3.68. The molecule has 1 aliphatic rings. The van der Waals surface area contributed by atoms with Crippen molar-refractivity contribution in [1.29, 1.82) is 0 Å². The number of methoxy groups -OCH3 is 1. The number of carbonyl (C=O) groups excluding carboxylic acids is 1. The van der Waals surface area contributed by atoms with Crippen LogP contribution in [-0.4, -0.2) is 30.9 Å². The molecule has 0 spiro atoms. The van der Waals surface area contributed by atoms with Crippen molar-refractivity contribution in [3.05, 3.63) is 24.0 Å². The molecule has 128 valence electrons. The molecule has 1 fully saturated rings. The highest BCUT2D eigenvalue weighted by Crippen LogP contribution is 2.26. The first-order valence-corrected chi connectivity index (χ1v) is 7.86. The average Bonchev–Trinajstić information content (AvgIpc) is 2.85. The summed E-state index contributed by atoms with van der Waals surface area (Å²) >= 11 is 0. The molecule has 6 heteroatoms. The van der Waals surface area contributed by atoms with E-state index in [0.717, 1.165) is 24.9 Å². The molecule has 1 saturated carbocycles. The Bertz CT molecular complexity index is 557. The second-order valence-corrected chi connectivity index (χ2v) is 6.85. The maximum Gasteiger partial charge on any atom is 0.407 e. The zero-order valence-electron chi connectivity index (χ0n) is 14.1. The van der Waals surface area contributed by atoms with Gasteiger partial charge in [0.1, 0.15) is 5.60 Å². The number of ether oxygens (including phenoxy) is 2. The van der Waals surface area contributed by atoms with Crippen LogP contribution in [0.4, 0.5) is 14.9 Å². The predicted octanol–water partition coefficient (Wildman–Crippen LogP) is 3.69. The van der Waals surface area contributed by atoms with E-state index in [0.29, 0.717) is 0 Å². The number of carbonyl (C=O) groups is 1. The molecule has 0 heterocycles. The van der Waals surface area contributed by atoms with E-state index < -0.39 is 5.60 Å². The van der Waals surface area contributed by atoms with Gasteiger partial charge in [0.15, 0.2) is 11.6 Å². The second-order valence-electron chi connectivity index (χ2n) is 6.85. The van der Waals surface area contributed by atoms with Crippen LogP contribution in [0.25, 0.3) is 0 Å². The van der Waals surface area contributed by atoms with Crippen LogP contribution in [-0.2, 0) is 4.74 Å². The van der Waals surface area contributed by atoms with Gasteiger partial charge in [-0.3, -0.25) is 0 Å². The fourth-order valence-electron chi connectivity index (χ4n) is 2.70. The number of hydrogen-bond acceptors (Lipinski definition) is 4. The number of alkyl carbamates (subject to hydrolysis) is 1. The first kappa shape index (κ1) is 17.4. The Morgan fingerprint density at radius 2 is 1.96 bits per heavy atom. The summed E-state index contributed by atoms with van der Waals surface area (Å²) in [7, 11) is 1.44. The molecule has 1 aromatic rings. The summed E-state index contributed by atoms with van der Waals surface area (Å²) in [6, 6.07) is 5.03. The van der Waals surface area contributed by atoms with Gasteiger partial charge in [0.25, 0.3) is 0 Å². The number of nitrogens with one attached hydrogen (secondary N) is 2. The molecular weight excluding hydrogens is 299 g/mol. The molecule has 0 radical (unpaired) electrons. The zero-order valence-corrected chi connectivity index (χ0v) is 14.1. The van der Waals surface area contributed by atoms with E-state index in [2.05, 4.69) is 10.6 Å². The highest BCUT2D eigenvalue weighted by molar-refractivity contribution is 5.68. The zero-order chi connectivity index (χ0) is 17.0. The smallest absolute Gasteiger partial charge is 0.407 e. The molecule has 0 bridgehead atoms. The van der Waals surface area contributed by atoms with Gasteiger partial charge in [-0.05, 0) is 52.2 Å². The number of anilines is 1. The van der Waals surface area contributed by atoms with Gasteiger partial charge in [-0.25, -0.2) is 9.18 Å². The molecule has 1 amide bonds. The van der Waals surface area contributed by atoms with Crippen LogP contribution in [0.1, 0.15) is 40.0 Å². The van der Waals surface area contributed by atoms with Crippen LogP contribution < -0.4 is 15.4 Å². The van der Waals surface area contributed by atoms with Gasteiger partial charge in [-0.15, -0.1) is 0 Å². The monoisotopic (exact) mass is 324 g/mol. The highest BCUT2D eigenvalue weighted by atomic mass is 19.1. The van der Waals surface area contributed by atoms with E-state index in [4.69, 9.17) is 9.47 Å². The van der Waals surface area contributed by atoms with Crippen LogP contribution in [0.2, 0.25) is 0 Å². The molecule has 0 aliphatic heterocycles. The van der Waals surface area contributed by atoms with Crippen molar-refractivity contribution in [1.82, 2.24) is 5.32 Å². The van der Waals surface area contributed by atoms with Gasteiger partial charge < -0.3 is 20.1 Å². The molecule has 0 aromatic heterocycles. The van der Waals surface area contributed by atoms with Crippen molar-refractivity contribution in [2.24, 2.45) is 0 Å². The first-order valence-electron chi connectivity index (χ1n) is 7.86. The van der Waals surface area contributed by atoms with E-state index in [-0.39, 0.29) is 29.7 Å². The number of halogens is 1. The van der Waals surface area contributed by atoms with Gasteiger partial charge in [0, 0.05) is 23.8 Å². The molecule has 23 heavy (non-hydrogen) atoms. The van der Waals surface area contributed by atoms with Gasteiger partial charge in [-0.2, -0.15) is 0 Å². The normalized spacial score (nSPS) is 20.9. The lowest BCUT2D eigenvalue weighted by molar-refractivity contribution is 0.0505. The van der Waals surface area contributed by atoms with E-state index in [9.17, 15) is 9.18 Å². The molecule has 2 atom stereocenters. The maximum atomic E-state index is 13.4. The van der Waals surface area contributed by atoms with Crippen LogP contribution in [0.3, 0.4) is 0 Å². The molecular formula is C17H25FN2O3. The standard InChI is InChI=1S/C17H25FN2O3/c1-17(2,3)23-16(21)20-12-6-5-11(9-12)19-13-7-8-14(18)15(10-13)22-4/h7-8,10-12,19H,5-6,9H2,1-4H3,(H,20,21). The summed E-state index contributed by atoms with van der Waals surface area (Å²) in [5, 5.41) is 6.25. The molecule has 0 saturated heterocycles. The van der Waals surface area contributed by atoms with Crippen molar-refractivity contribution in [2.75, 3.05) is 12.4 Å². The Kier molecular flexibility index (Phi) is 5.34. The Morgan fingerprint density at radius 1 is 1.26 bits per heavy atom. The third kappa shape index (κ3) is 5.30. The van der Waals surface area contributed by atoms with E-state index in [1.807, 2.05) is 20.8 Å². The Balaban J connectivity index is 1.85. The van der Waals surface area contributed by atoms with Crippen LogP contribution in [0, 0.1) is 5.82 Å². The van der Waals surface area contributed by atoms with Crippen LogP contribution >= 0.6 is 0 Å². The minimum Gasteiger partial charge on any atom is -0.494 e. The fraction of sp³-hybridized carbons (Fsp3) is 0.588. The molecule has 2 N–H and O–H groups in total. The number of rotatable bonds is 4. The lowest BCUT2D eigenvalue weighted by Gasteiger charge is -2.22. The summed E-state index contributed by atoms with van der Waals surface area (Å²) < 4.78 is 23.7. The largest absolute Gasteiger partial charge is 0.494 e. The van der Waals surface area contributed by atoms with Crippen LogP contribution in [0.5, 0.6) is 5.75 Å². The van der Waals surface area contributed by atoms with Crippen molar-refractivity contribution < 1.29 is 18.7 Å². The second kappa shape index (κ2) is 7.06.